The summed E-state index contributed by atoms with van der Waals surface area (Å²) in [6.07, 6.45) is 6.85. The Hall–Kier alpha value is -2.44. The van der Waals surface area contributed by atoms with Gasteiger partial charge in [-0.15, -0.1) is 0 Å². The number of pyridine rings is 1. The fourth-order valence-electron chi connectivity index (χ4n) is 2.83. The lowest BCUT2D eigenvalue weighted by Crippen LogP contribution is -2.26. The summed E-state index contributed by atoms with van der Waals surface area (Å²) in [5.74, 6) is -2.54. The van der Waals surface area contributed by atoms with Gasteiger partial charge in [0.05, 0.1) is 30.2 Å². The van der Waals surface area contributed by atoms with Crippen LogP contribution in [0.5, 0.6) is 0 Å². The monoisotopic (exact) mass is 384 g/mol. The zero-order valence-corrected chi connectivity index (χ0v) is 15.2. The predicted molar refractivity (Wildman–Crippen MR) is 95.6 cm³/mol. The molecule has 0 amide bonds. The van der Waals surface area contributed by atoms with Crippen molar-refractivity contribution in [2.24, 2.45) is 0 Å². The first-order valence-corrected chi connectivity index (χ1v) is 8.61. The minimum atomic E-state index is -2.74. The van der Waals surface area contributed by atoms with Gasteiger partial charge in [-0.2, -0.15) is 0 Å². The first-order chi connectivity index (χ1) is 12.8. The molecule has 1 aromatic heterocycles. The van der Waals surface area contributed by atoms with Gasteiger partial charge in [-0.1, -0.05) is 25.2 Å². The van der Waals surface area contributed by atoms with Crippen LogP contribution in [0, 0.1) is 11.6 Å². The third kappa shape index (κ3) is 5.28. The first-order valence-electron chi connectivity index (χ1n) is 8.61. The average Bonchev–Trinajstić information content (AvgIpc) is 2.63. The summed E-state index contributed by atoms with van der Waals surface area (Å²) in [7, 11) is 1.30. The van der Waals surface area contributed by atoms with E-state index in [9.17, 15) is 22.0 Å². The molecule has 0 atom stereocenters. The molecule has 0 saturated heterocycles. The predicted octanol–water partition coefficient (Wildman–Crippen LogP) is 5.81. The molecule has 1 heterocycles. The summed E-state index contributed by atoms with van der Waals surface area (Å²) in [5, 5.41) is 0. The highest BCUT2D eigenvalue weighted by atomic mass is 19.3. The van der Waals surface area contributed by atoms with E-state index in [1.54, 1.807) is 19.1 Å². The van der Waals surface area contributed by atoms with E-state index in [0.717, 1.165) is 29.8 Å². The van der Waals surface area contributed by atoms with Crippen molar-refractivity contribution in [2.75, 3.05) is 13.6 Å². The number of hydrogen-bond donors (Lipinski definition) is 0. The van der Waals surface area contributed by atoms with Crippen molar-refractivity contribution < 1.29 is 22.0 Å². The molecule has 0 bridgehead atoms. The minimum absolute atomic E-state index is 0.0631. The Morgan fingerprint density at radius 2 is 1.89 bits per heavy atom. The summed E-state index contributed by atoms with van der Waals surface area (Å²) in [6.45, 7) is 0.823. The smallest absolute Gasteiger partial charge is 0.255 e. The molecule has 1 aliphatic carbocycles. The molecule has 7 heteroatoms. The molecule has 0 radical (unpaired) electrons. The van der Waals surface area contributed by atoms with Gasteiger partial charge in [-0.3, -0.25) is 4.98 Å². The number of nitrogens with zero attached hydrogens (tertiary/aromatic N) is 2. The van der Waals surface area contributed by atoms with Gasteiger partial charge in [0, 0.05) is 12.6 Å². The maximum atomic E-state index is 14.4. The number of hydrogen-bond acceptors (Lipinski definition) is 2. The van der Waals surface area contributed by atoms with Crippen LogP contribution < -0.4 is 0 Å². The van der Waals surface area contributed by atoms with Crippen LogP contribution in [0.3, 0.4) is 0 Å². The van der Waals surface area contributed by atoms with E-state index in [1.165, 1.54) is 7.05 Å². The Morgan fingerprint density at radius 3 is 2.41 bits per heavy atom. The molecular formula is C20H21F5N2. The van der Waals surface area contributed by atoms with Gasteiger partial charge < -0.3 is 4.90 Å². The number of aromatic nitrogens is 1. The number of allylic oxidation sites excluding steroid dienone is 7. The van der Waals surface area contributed by atoms with E-state index in [0.29, 0.717) is 12.0 Å². The zero-order chi connectivity index (χ0) is 20.0. The van der Waals surface area contributed by atoms with Crippen LogP contribution in [0.25, 0.3) is 5.70 Å². The second-order valence-corrected chi connectivity index (χ2v) is 6.10. The van der Waals surface area contributed by atoms with Crippen molar-refractivity contribution in [3.63, 3.8) is 0 Å². The Kier molecular flexibility index (Phi) is 7.33. The summed E-state index contributed by atoms with van der Waals surface area (Å²) in [4.78, 5) is 4.48. The first kappa shape index (κ1) is 20.9. The molecule has 0 unspecified atom stereocenters. The topological polar surface area (TPSA) is 16.1 Å². The van der Waals surface area contributed by atoms with Crippen LogP contribution in [-0.4, -0.2) is 29.9 Å². The molecule has 0 spiro atoms. The zero-order valence-electron chi connectivity index (χ0n) is 15.2. The third-order valence-electron chi connectivity index (χ3n) is 4.08. The van der Waals surface area contributed by atoms with Crippen molar-refractivity contribution >= 4 is 5.70 Å². The Bertz CT molecular complexity index is 773. The van der Waals surface area contributed by atoms with Crippen molar-refractivity contribution in [2.45, 2.75) is 32.6 Å². The molecule has 2 rings (SSSR count). The fraction of sp³-hybridized carbons (Fsp3) is 0.350. The van der Waals surface area contributed by atoms with Crippen LogP contribution in [0.2, 0.25) is 0 Å². The van der Waals surface area contributed by atoms with Crippen molar-refractivity contribution in [3.8, 4) is 0 Å². The molecule has 0 aromatic carbocycles. The largest absolute Gasteiger partial charge is 0.368 e. The van der Waals surface area contributed by atoms with Crippen LogP contribution in [0.15, 0.2) is 53.7 Å². The second-order valence-electron chi connectivity index (χ2n) is 6.10. The maximum Gasteiger partial charge on any atom is 0.255 e. The highest BCUT2D eigenvalue weighted by Gasteiger charge is 2.24. The Labute approximate surface area is 155 Å². The summed E-state index contributed by atoms with van der Waals surface area (Å²) in [6, 6.07) is 0. The van der Waals surface area contributed by atoms with E-state index in [1.807, 2.05) is 6.08 Å². The molecule has 0 saturated carbocycles. The van der Waals surface area contributed by atoms with E-state index >= 15 is 0 Å². The van der Waals surface area contributed by atoms with E-state index in [2.05, 4.69) is 4.98 Å². The Morgan fingerprint density at radius 1 is 1.22 bits per heavy atom. The molecule has 1 aliphatic rings. The molecule has 0 fully saturated rings. The van der Waals surface area contributed by atoms with Gasteiger partial charge in [-0.05, 0) is 30.9 Å². The number of rotatable bonds is 7. The number of alkyl halides is 2. The third-order valence-corrected chi connectivity index (χ3v) is 4.08. The normalized spacial score (nSPS) is 15.7. The molecular weight excluding hydrogens is 363 g/mol. The van der Waals surface area contributed by atoms with Gasteiger partial charge in [0.25, 0.3) is 6.43 Å². The van der Waals surface area contributed by atoms with Gasteiger partial charge in [0.15, 0.2) is 11.6 Å². The average molecular weight is 384 g/mol. The molecule has 2 nitrogen and oxygen atoms in total. The molecule has 0 aliphatic heterocycles. The lowest BCUT2D eigenvalue weighted by atomic mass is 9.93. The van der Waals surface area contributed by atoms with E-state index in [4.69, 9.17) is 0 Å². The molecule has 0 N–H and O–H groups in total. The molecule has 1 aromatic rings. The Balaban J connectivity index is 2.82. The molecule has 27 heavy (non-hydrogen) atoms. The van der Waals surface area contributed by atoms with Crippen molar-refractivity contribution in [1.29, 1.82) is 0 Å². The fourth-order valence-corrected chi connectivity index (χ4v) is 2.83. The van der Waals surface area contributed by atoms with E-state index in [-0.39, 0.29) is 17.7 Å². The second kappa shape index (κ2) is 9.48. The highest BCUT2D eigenvalue weighted by Crippen LogP contribution is 2.34. The summed E-state index contributed by atoms with van der Waals surface area (Å²) in [5.41, 5.74) is 0.0197. The van der Waals surface area contributed by atoms with Gasteiger partial charge in [-0.25, -0.2) is 22.0 Å². The van der Waals surface area contributed by atoms with Crippen LogP contribution in [-0.2, 0) is 0 Å². The van der Waals surface area contributed by atoms with Crippen molar-refractivity contribution in [3.05, 3.63) is 70.9 Å². The lowest BCUT2D eigenvalue weighted by Gasteiger charge is -2.27. The van der Waals surface area contributed by atoms with Crippen LogP contribution >= 0.6 is 0 Å². The van der Waals surface area contributed by atoms with E-state index < -0.39 is 36.0 Å². The van der Waals surface area contributed by atoms with Gasteiger partial charge in [0.2, 0.25) is 0 Å². The summed E-state index contributed by atoms with van der Waals surface area (Å²) < 4.78 is 69.1. The lowest BCUT2D eigenvalue weighted by molar-refractivity contribution is 0.120. The van der Waals surface area contributed by atoms with Crippen molar-refractivity contribution in [1.82, 2.24) is 9.88 Å². The van der Waals surface area contributed by atoms with Gasteiger partial charge in [0.1, 0.15) is 5.83 Å². The summed E-state index contributed by atoms with van der Waals surface area (Å²) >= 11 is 0. The van der Waals surface area contributed by atoms with Crippen LogP contribution in [0.4, 0.5) is 22.0 Å². The minimum Gasteiger partial charge on any atom is -0.368 e. The maximum absolute atomic E-state index is 14.4. The standard InChI is InChI=1S/C20H21F5N2/c1-3-14(21)9-15(13-7-5-4-6-8-13)20(27(2)12-18(24)25)19-16(22)10-26-11-17(19)23/h5,7-11,18H,3-4,6,12H2,1-2H3/b14-9+,20-15+. The highest BCUT2D eigenvalue weighted by molar-refractivity contribution is 5.76. The van der Waals surface area contributed by atoms with Crippen LogP contribution in [0.1, 0.15) is 31.7 Å². The number of halogens is 5. The SMILES string of the molecule is CC/C(F)=C\C(C1=CCCC=C1)=C(\c1c(F)cncc1F)N(C)CC(F)F. The quantitative estimate of drug-likeness (QED) is 0.436. The molecule has 146 valence electrons. The van der Waals surface area contributed by atoms with Gasteiger partial charge >= 0.3 is 0 Å².